The zero-order valence-corrected chi connectivity index (χ0v) is 16.5. The monoisotopic (exact) mass is 400 g/mol. The van der Waals surface area contributed by atoms with Crippen LogP contribution in [0.15, 0.2) is 57.9 Å². The van der Waals surface area contributed by atoms with E-state index in [0.29, 0.717) is 39.5 Å². The molecule has 0 spiro atoms. The molecule has 28 heavy (non-hydrogen) atoms. The second-order valence-electron chi connectivity index (χ2n) is 6.40. The number of carbonyl (C=O) groups is 1. The molecule has 0 N–H and O–H groups in total. The van der Waals surface area contributed by atoms with E-state index in [-0.39, 0.29) is 5.43 Å². The van der Waals surface area contributed by atoms with Gasteiger partial charge in [0.2, 0.25) is 5.43 Å². The molecule has 1 heterocycles. The van der Waals surface area contributed by atoms with Gasteiger partial charge in [-0.3, -0.25) is 4.79 Å². The van der Waals surface area contributed by atoms with Crippen LogP contribution in [0.2, 0.25) is 5.02 Å². The van der Waals surface area contributed by atoms with Crippen molar-refractivity contribution in [3.63, 3.8) is 0 Å². The van der Waals surface area contributed by atoms with Crippen molar-refractivity contribution in [3.05, 3.63) is 64.0 Å². The van der Waals surface area contributed by atoms with Crippen LogP contribution < -0.4 is 10.2 Å². The van der Waals surface area contributed by atoms with Gasteiger partial charge in [-0.25, -0.2) is 4.79 Å². The predicted molar refractivity (Wildman–Crippen MR) is 109 cm³/mol. The molecule has 0 aliphatic rings. The Morgan fingerprint density at radius 2 is 1.96 bits per heavy atom. The van der Waals surface area contributed by atoms with Crippen LogP contribution in [0.5, 0.6) is 5.75 Å². The molecule has 0 unspecified atom stereocenters. The van der Waals surface area contributed by atoms with Crippen molar-refractivity contribution in [1.82, 2.24) is 0 Å². The zero-order chi connectivity index (χ0) is 20.1. The van der Waals surface area contributed by atoms with Crippen LogP contribution in [0.1, 0.15) is 26.7 Å². The predicted octanol–water partition coefficient (Wildman–Crippen LogP) is 5.22. The van der Waals surface area contributed by atoms with Gasteiger partial charge in [0, 0.05) is 16.7 Å². The summed E-state index contributed by atoms with van der Waals surface area (Å²) in [6.45, 7) is 4.02. The smallest absolute Gasteiger partial charge is 0.347 e. The lowest BCUT2D eigenvalue weighted by atomic mass is 10.1. The highest BCUT2D eigenvalue weighted by molar-refractivity contribution is 6.33. The van der Waals surface area contributed by atoms with Crippen LogP contribution >= 0.6 is 11.6 Å². The van der Waals surface area contributed by atoms with Crippen molar-refractivity contribution in [1.29, 1.82) is 0 Å². The Morgan fingerprint density at radius 3 is 2.71 bits per heavy atom. The molecule has 0 bridgehead atoms. The topological polar surface area (TPSA) is 65.7 Å². The second-order valence-corrected chi connectivity index (χ2v) is 6.80. The van der Waals surface area contributed by atoms with E-state index in [1.54, 1.807) is 43.3 Å². The van der Waals surface area contributed by atoms with E-state index in [2.05, 4.69) is 0 Å². The van der Waals surface area contributed by atoms with E-state index in [9.17, 15) is 9.59 Å². The van der Waals surface area contributed by atoms with Gasteiger partial charge in [0.1, 0.15) is 17.6 Å². The number of fused-ring (bicyclic) bond motifs is 1. The van der Waals surface area contributed by atoms with Crippen LogP contribution in [-0.4, -0.2) is 18.7 Å². The Kier molecular flexibility index (Phi) is 6.37. The molecule has 3 aromatic rings. The van der Waals surface area contributed by atoms with Crippen LogP contribution in [-0.2, 0) is 9.53 Å². The Morgan fingerprint density at radius 1 is 1.18 bits per heavy atom. The van der Waals surface area contributed by atoms with Gasteiger partial charge in [0.25, 0.3) is 0 Å². The first-order chi connectivity index (χ1) is 13.5. The molecule has 2 aromatic carbocycles. The molecule has 0 saturated carbocycles. The molecule has 5 nitrogen and oxygen atoms in total. The fourth-order valence-corrected chi connectivity index (χ4v) is 2.97. The van der Waals surface area contributed by atoms with Gasteiger partial charge in [-0.1, -0.05) is 43.1 Å². The summed E-state index contributed by atoms with van der Waals surface area (Å²) in [6, 6.07) is 11.9. The number of carbonyl (C=O) groups excluding carboxylic acids is 1. The van der Waals surface area contributed by atoms with Crippen molar-refractivity contribution in [2.24, 2.45) is 0 Å². The quantitative estimate of drug-likeness (QED) is 0.401. The first-order valence-corrected chi connectivity index (χ1v) is 9.52. The molecule has 0 aliphatic heterocycles. The number of hydrogen-bond acceptors (Lipinski definition) is 5. The van der Waals surface area contributed by atoms with Gasteiger partial charge in [-0.15, -0.1) is 0 Å². The number of benzene rings is 2. The van der Waals surface area contributed by atoms with Gasteiger partial charge >= 0.3 is 5.97 Å². The van der Waals surface area contributed by atoms with Crippen LogP contribution in [0, 0.1) is 0 Å². The van der Waals surface area contributed by atoms with E-state index in [0.717, 1.165) is 12.8 Å². The summed E-state index contributed by atoms with van der Waals surface area (Å²) >= 11 is 6.20. The maximum atomic E-state index is 12.8. The second kappa shape index (κ2) is 8.93. The molecule has 0 saturated heterocycles. The highest BCUT2D eigenvalue weighted by atomic mass is 35.5. The molecule has 0 amide bonds. The molecule has 1 atom stereocenters. The first kappa shape index (κ1) is 20.0. The fraction of sp³-hybridized carbons (Fsp3) is 0.273. The molecular weight excluding hydrogens is 380 g/mol. The normalized spacial score (nSPS) is 12.0. The minimum absolute atomic E-state index is 0.187. The maximum absolute atomic E-state index is 12.8. The molecular formula is C22H21ClO5. The maximum Gasteiger partial charge on any atom is 0.347 e. The molecule has 0 aliphatic carbocycles. The first-order valence-electron chi connectivity index (χ1n) is 9.15. The third kappa shape index (κ3) is 4.37. The van der Waals surface area contributed by atoms with Crippen molar-refractivity contribution >= 4 is 28.5 Å². The third-order valence-corrected chi connectivity index (χ3v) is 4.63. The molecule has 0 fully saturated rings. The highest BCUT2D eigenvalue weighted by Gasteiger charge is 2.17. The van der Waals surface area contributed by atoms with Gasteiger partial charge in [-0.05, 0) is 31.5 Å². The van der Waals surface area contributed by atoms with Crippen molar-refractivity contribution in [3.8, 4) is 16.9 Å². The molecule has 0 radical (unpaired) electrons. The fourth-order valence-electron chi connectivity index (χ4n) is 2.73. The lowest BCUT2D eigenvalue weighted by molar-refractivity contribution is -0.151. The number of esters is 1. The van der Waals surface area contributed by atoms with Crippen LogP contribution in [0.25, 0.3) is 22.1 Å². The third-order valence-electron chi connectivity index (χ3n) is 4.30. The molecule has 1 aromatic heterocycles. The standard InChI is InChI=1S/C22H21ClO5/c1-3-4-11-26-22(25)14(2)28-15-9-10-17-20(12-15)27-13-18(21(17)24)16-7-5-6-8-19(16)23/h5-10,12-14H,3-4,11H2,1-2H3/t14-/m1/s1. The number of unbranched alkanes of at least 4 members (excludes halogenated alkanes) is 1. The summed E-state index contributed by atoms with van der Waals surface area (Å²) in [6.07, 6.45) is 2.39. The Bertz CT molecular complexity index is 1040. The van der Waals surface area contributed by atoms with Crippen molar-refractivity contribution < 1.29 is 18.7 Å². The minimum atomic E-state index is -0.761. The van der Waals surface area contributed by atoms with Crippen LogP contribution in [0.4, 0.5) is 0 Å². The van der Waals surface area contributed by atoms with Crippen molar-refractivity contribution in [2.75, 3.05) is 6.61 Å². The van der Waals surface area contributed by atoms with E-state index < -0.39 is 12.1 Å². The largest absolute Gasteiger partial charge is 0.479 e. The van der Waals surface area contributed by atoms with Crippen LogP contribution in [0.3, 0.4) is 0 Å². The average Bonchev–Trinajstić information content (AvgIpc) is 2.69. The Balaban J connectivity index is 1.83. The van der Waals surface area contributed by atoms with Gasteiger partial charge in [0.05, 0.1) is 17.6 Å². The summed E-state index contributed by atoms with van der Waals surface area (Å²) in [5.41, 5.74) is 1.18. The number of hydrogen-bond donors (Lipinski definition) is 0. The summed E-state index contributed by atoms with van der Waals surface area (Å²) in [5, 5.41) is 0.882. The summed E-state index contributed by atoms with van der Waals surface area (Å²) in [7, 11) is 0. The van der Waals surface area contributed by atoms with E-state index in [1.165, 1.54) is 6.26 Å². The van der Waals surface area contributed by atoms with E-state index >= 15 is 0 Å². The minimum Gasteiger partial charge on any atom is -0.479 e. The summed E-state index contributed by atoms with van der Waals surface area (Å²) in [4.78, 5) is 24.8. The lowest BCUT2D eigenvalue weighted by Crippen LogP contribution is -2.26. The van der Waals surface area contributed by atoms with E-state index in [4.69, 9.17) is 25.5 Å². The van der Waals surface area contributed by atoms with Gasteiger partial charge < -0.3 is 13.9 Å². The molecule has 3 rings (SSSR count). The Hall–Kier alpha value is -2.79. The summed E-state index contributed by atoms with van der Waals surface area (Å²) in [5.74, 6) is -0.00912. The summed E-state index contributed by atoms with van der Waals surface area (Å²) < 4.78 is 16.4. The number of halogens is 1. The zero-order valence-electron chi connectivity index (χ0n) is 15.7. The number of rotatable bonds is 7. The highest BCUT2D eigenvalue weighted by Crippen LogP contribution is 2.28. The molecule has 6 heteroatoms. The lowest BCUT2D eigenvalue weighted by Gasteiger charge is -2.14. The molecule has 146 valence electrons. The number of ether oxygens (including phenoxy) is 2. The van der Waals surface area contributed by atoms with Gasteiger partial charge in [-0.2, -0.15) is 0 Å². The Labute approximate surface area is 167 Å². The van der Waals surface area contributed by atoms with E-state index in [1.807, 2.05) is 13.0 Å². The average molecular weight is 401 g/mol. The van der Waals surface area contributed by atoms with Gasteiger partial charge in [0.15, 0.2) is 6.10 Å². The SMILES string of the molecule is CCCCOC(=O)[C@@H](C)Oc1ccc2c(=O)c(-c3ccccc3Cl)coc2c1. The van der Waals surface area contributed by atoms with Crippen molar-refractivity contribution in [2.45, 2.75) is 32.8 Å².